The molecule has 2 atom stereocenters. The Bertz CT molecular complexity index is 785. The van der Waals surface area contributed by atoms with Gasteiger partial charge in [0.25, 0.3) is 0 Å². The van der Waals surface area contributed by atoms with E-state index in [1.807, 2.05) is 48.5 Å². The van der Waals surface area contributed by atoms with E-state index in [1.54, 1.807) is 0 Å². The molecule has 0 amide bonds. The maximum atomic E-state index is 11.8. The van der Waals surface area contributed by atoms with Crippen LogP contribution in [0.1, 0.15) is 57.4 Å². The molecule has 1 saturated heterocycles. The fourth-order valence-electron chi connectivity index (χ4n) is 5.52. The number of hydrogen-bond donors (Lipinski definition) is 1. The highest BCUT2D eigenvalue weighted by atomic mass is 16.5. The van der Waals surface area contributed by atoms with Crippen molar-refractivity contribution in [2.45, 2.75) is 63.6 Å². The van der Waals surface area contributed by atoms with Crippen molar-refractivity contribution in [3.63, 3.8) is 0 Å². The largest absolute Gasteiger partial charge is 0.478 e. The number of benzene rings is 2. The zero-order valence-electron chi connectivity index (χ0n) is 19.5. The first-order chi connectivity index (χ1) is 15.7. The van der Waals surface area contributed by atoms with Crippen molar-refractivity contribution in [2.24, 2.45) is 11.8 Å². The van der Waals surface area contributed by atoms with Crippen LogP contribution in [0.4, 0.5) is 0 Å². The maximum absolute atomic E-state index is 11.8. The van der Waals surface area contributed by atoms with Gasteiger partial charge >= 0.3 is 0 Å². The Labute approximate surface area is 193 Å². The lowest BCUT2D eigenvalue weighted by molar-refractivity contribution is -0.125. The first-order valence-corrected chi connectivity index (χ1v) is 12.5. The van der Waals surface area contributed by atoms with E-state index in [4.69, 9.17) is 9.47 Å². The quantitative estimate of drug-likeness (QED) is 0.525. The third-order valence-corrected chi connectivity index (χ3v) is 7.54. The number of piperidine rings is 1. The van der Waals surface area contributed by atoms with Gasteiger partial charge in [-0.05, 0) is 61.6 Å². The smallest absolute Gasteiger partial charge is 0.142 e. The van der Waals surface area contributed by atoms with E-state index in [1.165, 1.54) is 12.8 Å². The predicted octanol–water partition coefficient (Wildman–Crippen LogP) is 5.61. The molecule has 2 aromatic rings. The highest BCUT2D eigenvalue weighted by Gasteiger charge is 2.41. The molecule has 2 fully saturated rings. The summed E-state index contributed by atoms with van der Waals surface area (Å²) < 4.78 is 12.5. The number of hydrogen-bond acceptors (Lipinski definition) is 4. The van der Waals surface area contributed by atoms with Crippen LogP contribution in [0.3, 0.4) is 0 Å². The van der Waals surface area contributed by atoms with Crippen LogP contribution in [-0.2, 0) is 10.3 Å². The standard InChI is InChI=1S/C28H39NO3/c1-2-27(23-17-19-29(20-18-23)22-32-26-15-7-4-8-16-26)31-21-28(30,25-13-9-10-14-25)24-11-5-3-6-12-24/h3-8,11-12,15-16,23,25,27,30H,2,9-10,13-14,17-22H2,1H3/t27-,28?/m1/s1. The third kappa shape index (κ3) is 5.72. The number of aliphatic hydroxyl groups is 1. The van der Waals surface area contributed by atoms with Crippen LogP contribution in [0, 0.1) is 11.8 Å². The van der Waals surface area contributed by atoms with Crippen molar-refractivity contribution in [1.82, 2.24) is 4.90 Å². The summed E-state index contributed by atoms with van der Waals surface area (Å²) in [7, 11) is 0. The lowest BCUT2D eigenvalue weighted by Gasteiger charge is -2.39. The van der Waals surface area contributed by atoms with Gasteiger partial charge in [0, 0.05) is 13.1 Å². The Morgan fingerprint density at radius 2 is 1.56 bits per heavy atom. The summed E-state index contributed by atoms with van der Waals surface area (Å²) in [6, 6.07) is 20.2. The van der Waals surface area contributed by atoms with Gasteiger partial charge in [-0.25, -0.2) is 0 Å². The van der Waals surface area contributed by atoms with Gasteiger partial charge in [0.1, 0.15) is 18.1 Å². The van der Waals surface area contributed by atoms with Crippen molar-refractivity contribution in [3.05, 3.63) is 66.2 Å². The predicted molar refractivity (Wildman–Crippen MR) is 129 cm³/mol. The summed E-state index contributed by atoms with van der Waals surface area (Å²) in [5, 5.41) is 11.8. The van der Waals surface area contributed by atoms with Crippen LogP contribution in [0.25, 0.3) is 0 Å². The van der Waals surface area contributed by atoms with Crippen LogP contribution in [0.2, 0.25) is 0 Å². The Morgan fingerprint density at radius 1 is 0.938 bits per heavy atom. The molecule has 1 saturated carbocycles. The van der Waals surface area contributed by atoms with Crippen molar-refractivity contribution in [3.8, 4) is 5.75 Å². The highest BCUT2D eigenvalue weighted by molar-refractivity contribution is 5.24. The molecule has 2 aromatic carbocycles. The van der Waals surface area contributed by atoms with Gasteiger partial charge < -0.3 is 14.6 Å². The van der Waals surface area contributed by atoms with Crippen molar-refractivity contribution in [1.29, 1.82) is 0 Å². The first kappa shape index (κ1) is 23.3. The average Bonchev–Trinajstić information content (AvgIpc) is 3.41. The molecule has 0 spiro atoms. The van der Waals surface area contributed by atoms with E-state index in [9.17, 15) is 5.11 Å². The topological polar surface area (TPSA) is 41.9 Å². The molecule has 0 aromatic heterocycles. The van der Waals surface area contributed by atoms with E-state index in [-0.39, 0.29) is 6.10 Å². The molecule has 4 rings (SSSR count). The first-order valence-electron chi connectivity index (χ1n) is 12.5. The zero-order chi connectivity index (χ0) is 22.2. The number of rotatable bonds is 10. The van der Waals surface area contributed by atoms with E-state index in [0.29, 0.717) is 25.2 Å². The summed E-state index contributed by atoms with van der Waals surface area (Å²) >= 11 is 0. The third-order valence-electron chi connectivity index (χ3n) is 7.54. The van der Waals surface area contributed by atoms with Gasteiger partial charge in [-0.3, -0.25) is 4.90 Å². The number of likely N-dealkylation sites (tertiary alicyclic amines) is 1. The molecule has 1 N–H and O–H groups in total. The van der Waals surface area contributed by atoms with E-state index in [0.717, 1.165) is 56.5 Å². The van der Waals surface area contributed by atoms with Crippen molar-refractivity contribution in [2.75, 3.05) is 26.4 Å². The Kier molecular flexibility index (Phi) is 8.23. The van der Waals surface area contributed by atoms with E-state index >= 15 is 0 Å². The number of nitrogens with zero attached hydrogens (tertiary/aromatic N) is 1. The summed E-state index contributed by atoms with van der Waals surface area (Å²) in [5.74, 6) is 1.76. The lowest BCUT2D eigenvalue weighted by Crippen LogP contribution is -2.43. The normalized spacial score (nSPS) is 21.3. The Balaban J connectivity index is 1.31. The van der Waals surface area contributed by atoms with E-state index in [2.05, 4.69) is 24.0 Å². The Morgan fingerprint density at radius 3 is 2.19 bits per heavy atom. The molecule has 1 aliphatic heterocycles. The van der Waals surface area contributed by atoms with Gasteiger partial charge in [0.2, 0.25) is 0 Å². The second-order valence-electron chi connectivity index (χ2n) is 9.57. The second kappa shape index (κ2) is 11.3. The van der Waals surface area contributed by atoms with Crippen LogP contribution < -0.4 is 4.74 Å². The summed E-state index contributed by atoms with van der Waals surface area (Å²) in [5.41, 5.74) is 0.129. The minimum Gasteiger partial charge on any atom is -0.478 e. The molecule has 4 heteroatoms. The summed E-state index contributed by atoms with van der Waals surface area (Å²) in [4.78, 5) is 2.38. The molecule has 1 heterocycles. The highest BCUT2D eigenvalue weighted by Crippen LogP contribution is 2.41. The molecule has 174 valence electrons. The zero-order valence-corrected chi connectivity index (χ0v) is 19.5. The van der Waals surface area contributed by atoms with Gasteiger partial charge in [-0.15, -0.1) is 0 Å². The summed E-state index contributed by atoms with van der Waals surface area (Å²) in [6.45, 7) is 5.32. The molecule has 4 nitrogen and oxygen atoms in total. The number of para-hydroxylation sites is 1. The minimum absolute atomic E-state index is 0.198. The Hall–Kier alpha value is -1.88. The number of ether oxygens (including phenoxy) is 2. The SMILES string of the molecule is CC[C@@H](OCC(O)(c1ccccc1)C1CCCC1)C1CCN(COc2ccccc2)CC1. The van der Waals surface area contributed by atoms with Gasteiger partial charge in [0.05, 0.1) is 12.7 Å². The molecular formula is C28H39NO3. The fourth-order valence-corrected chi connectivity index (χ4v) is 5.52. The molecule has 1 aliphatic carbocycles. The van der Waals surface area contributed by atoms with Gasteiger partial charge in [0.15, 0.2) is 0 Å². The molecule has 1 unspecified atom stereocenters. The minimum atomic E-state index is -0.880. The van der Waals surface area contributed by atoms with Crippen LogP contribution in [-0.4, -0.2) is 42.5 Å². The average molecular weight is 438 g/mol. The second-order valence-corrected chi connectivity index (χ2v) is 9.57. The molecule has 2 aliphatic rings. The molecular weight excluding hydrogens is 398 g/mol. The fraction of sp³-hybridized carbons (Fsp3) is 0.571. The molecule has 0 bridgehead atoms. The lowest BCUT2D eigenvalue weighted by atomic mass is 9.80. The summed E-state index contributed by atoms with van der Waals surface area (Å²) in [6.07, 6.45) is 8.01. The van der Waals surface area contributed by atoms with Crippen molar-refractivity contribution >= 4 is 0 Å². The van der Waals surface area contributed by atoms with Crippen molar-refractivity contribution < 1.29 is 14.6 Å². The van der Waals surface area contributed by atoms with Crippen LogP contribution in [0.15, 0.2) is 60.7 Å². The van der Waals surface area contributed by atoms with Gasteiger partial charge in [-0.2, -0.15) is 0 Å². The molecule has 32 heavy (non-hydrogen) atoms. The monoisotopic (exact) mass is 437 g/mol. The molecule has 0 radical (unpaired) electrons. The van der Waals surface area contributed by atoms with Crippen LogP contribution in [0.5, 0.6) is 5.75 Å². The van der Waals surface area contributed by atoms with Crippen LogP contribution >= 0.6 is 0 Å². The van der Waals surface area contributed by atoms with E-state index < -0.39 is 5.60 Å². The maximum Gasteiger partial charge on any atom is 0.142 e. The van der Waals surface area contributed by atoms with Gasteiger partial charge in [-0.1, -0.05) is 68.3 Å².